The molecule has 330 valence electrons. The molecule has 0 radical (unpaired) electrons. The molecule has 65 heavy (non-hydrogen) atoms. The summed E-state index contributed by atoms with van der Waals surface area (Å²) >= 11 is 0. The van der Waals surface area contributed by atoms with Gasteiger partial charge in [0.05, 0.1) is 29.7 Å². The molecule has 7 atom stereocenters. The zero-order chi connectivity index (χ0) is 45.3. The first-order valence-electron chi connectivity index (χ1n) is 22.4. The molecule has 1 spiro atoms. The summed E-state index contributed by atoms with van der Waals surface area (Å²) in [4.78, 5) is 64.9. The van der Waals surface area contributed by atoms with Crippen LogP contribution in [0.3, 0.4) is 0 Å². The van der Waals surface area contributed by atoms with Gasteiger partial charge in [-0.3, -0.25) is 19.3 Å². The number of aliphatic hydroxyl groups is 1. The number of imide groups is 1. The fourth-order valence-electron chi connectivity index (χ4n) is 10.6. The molecule has 3 aliphatic heterocycles. The lowest BCUT2D eigenvalue weighted by Gasteiger charge is -2.46. The van der Waals surface area contributed by atoms with Gasteiger partial charge in [0, 0.05) is 12.1 Å². The fraction of sp³-hybridized carbons (Fsp3) is 0.296. The van der Waals surface area contributed by atoms with Gasteiger partial charge in [0.25, 0.3) is 0 Å². The second kappa shape index (κ2) is 17.9. The van der Waals surface area contributed by atoms with Gasteiger partial charge < -0.3 is 25.6 Å². The Labute approximate surface area is 379 Å². The molecule has 3 heterocycles. The molecule has 4 amide bonds. The maximum Gasteiger partial charge on any atom is 0.329 e. The van der Waals surface area contributed by atoms with Crippen molar-refractivity contribution in [2.75, 3.05) is 11.4 Å². The van der Waals surface area contributed by atoms with Gasteiger partial charge in [-0.1, -0.05) is 134 Å². The molecular weight excluding hydrogens is 817 g/mol. The van der Waals surface area contributed by atoms with E-state index < -0.39 is 71.0 Å². The Morgan fingerprint density at radius 2 is 1.46 bits per heavy atom. The van der Waals surface area contributed by atoms with Crippen LogP contribution in [-0.2, 0) is 24.5 Å². The first-order valence-corrected chi connectivity index (χ1v) is 22.4. The number of rotatable bonds is 8. The molecule has 1 saturated carbocycles. The smallest absolute Gasteiger partial charge is 0.329 e. The number of urea groups is 1. The third-order valence-electron chi connectivity index (χ3n) is 13.6. The molecule has 5 aromatic rings. The Morgan fingerprint density at radius 1 is 0.831 bits per heavy atom. The number of phenols is 1. The highest BCUT2D eigenvalue weighted by Crippen LogP contribution is 2.66. The summed E-state index contributed by atoms with van der Waals surface area (Å²) in [6, 6.07) is 35.3. The second-order valence-electron chi connectivity index (χ2n) is 17.5. The van der Waals surface area contributed by atoms with Gasteiger partial charge in [0.15, 0.2) is 0 Å². The van der Waals surface area contributed by atoms with Gasteiger partial charge in [-0.25, -0.2) is 9.69 Å². The van der Waals surface area contributed by atoms with Crippen molar-refractivity contribution in [3.63, 3.8) is 0 Å². The molecular formula is C54H52N4O7. The third-order valence-corrected chi connectivity index (χ3v) is 13.6. The zero-order valence-electron chi connectivity index (χ0n) is 36.2. The number of cyclic esters (lactones) is 1. The van der Waals surface area contributed by atoms with Gasteiger partial charge in [-0.2, -0.15) is 0 Å². The maximum absolute atomic E-state index is 16.4. The molecule has 1 aliphatic carbocycles. The van der Waals surface area contributed by atoms with Crippen LogP contribution in [0.2, 0.25) is 0 Å². The van der Waals surface area contributed by atoms with Gasteiger partial charge in [0.2, 0.25) is 11.8 Å². The number of morpholine rings is 1. The Kier molecular flexibility index (Phi) is 11.9. The van der Waals surface area contributed by atoms with E-state index in [-0.39, 0.29) is 18.0 Å². The van der Waals surface area contributed by atoms with Crippen LogP contribution in [0.25, 0.3) is 0 Å². The quantitative estimate of drug-likeness (QED) is 0.0528. The maximum atomic E-state index is 16.4. The molecule has 5 aromatic carbocycles. The SMILES string of the molecule is C=CCNC(=O)C1C2C(=O)OC(c3ccccc3)C(c3ccccc3)N2C(c2ccc(O)cc2)C12C(=O)N(C(=O)NC(C)c1ccccc1)c1ccc(C#CC3(O)CCCCCC3)cc12. The molecule has 0 aromatic heterocycles. The summed E-state index contributed by atoms with van der Waals surface area (Å²) in [5.74, 6) is 2.81. The van der Waals surface area contributed by atoms with E-state index in [4.69, 9.17) is 4.74 Å². The van der Waals surface area contributed by atoms with Crippen molar-refractivity contribution < 1.29 is 34.1 Å². The Morgan fingerprint density at radius 3 is 2.11 bits per heavy atom. The number of nitrogens with one attached hydrogen (secondary N) is 2. The lowest BCUT2D eigenvalue weighted by molar-refractivity contribution is -0.178. The van der Waals surface area contributed by atoms with Crippen molar-refractivity contribution in [1.29, 1.82) is 0 Å². The van der Waals surface area contributed by atoms with Crippen LogP contribution in [0.5, 0.6) is 5.75 Å². The molecule has 9 rings (SSSR count). The van der Waals surface area contributed by atoms with Crippen LogP contribution < -0.4 is 15.5 Å². The second-order valence-corrected chi connectivity index (χ2v) is 17.5. The first-order chi connectivity index (χ1) is 31.6. The standard InChI is InChI=1S/C54H52N4O7/c1-3-33-55-49(60)44-46-50(61)65-47(39-21-13-8-14-22-39)45(38-19-11-7-12-20-38)58(46)48(40-24-26-41(59)27-25-40)54(44)42-34-36(29-32-53(64)30-15-4-5-16-31-53)23-28-43(42)57(51(54)62)52(63)56-35(2)37-17-9-6-10-18-37/h3,6-14,17-28,34-35,44-48,59,64H,1,4-5,15-16,30-31,33H2,2H3,(H,55,60)(H,56,63). The monoisotopic (exact) mass is 868 g/mol. The molecule has 7 unspecified atom stereocenters. The highest BCUT2D eigenvalue weighted by molar-refractivity contribution is 6.24. The lowest BCUT2D eigenvalue weighted by atomic mass is 9.65. The number of amides is 4. The number of esters is 1. The van der Waals surface area contributed by atoms with Crippen LogP contribution >= 0.6 is 0 Å². The minimum Gasteiger partial charge on any atom is -0.508 e. The molecule has 4 aliphatic rings. The van der Waals surface area contributed by atoms with E-state index >= 15 is 14.4 Å². The number of anilines is 1. The largest absolute Gasteiger partial charge is 0.508 e. The zero-order valence-corrected chi connectivity index (χ0v) is 36.2. The number of fused-ring (bicyclic) bond motifs is 3. The highest BCUT2D eigenvalue weighted by Gasteiger charge is 2.75. The van der Waals surface area contributed by atoms with E-state index in [9.17, 15) is 15.0 Å². The topological polar surface area (TPSA) is 149 Å². The van der Waals surface area contributed by atoms with E-state index in [1.165, 1.54) is 18.2 Å². The van der Waals surface area contributed by atoms with Gasteiger partial charge >= 0.3 is 12.0 Å². The molecule has 11 nitrogen and oxygen atoms in total. The Bertz CT molecular complexity index is 2660. The van der Waals surface area contributed by atoms with Crippen LogP contribution in [0.15, 0.2) is 146 Å². The van der Waals surface area contributed by atoms with Crippen molar-refractivity contribution in [2.24, 2.45) is 5.92 Å². The number of aromatic hydroxyl groups is 1. The normalized spacial score (nSPS) is 25.0. The van der Waals surface area contributed by atoms with E-state index in [2.05, 4.69) is 29.1 Å². The van der Waals surface area contributed by atoms with Crippen molar-refractivity contribution in [3.05, 3.63) is 179 Å². The van der Waals surface area contributed by atoms with Crippen LogP contribution in [0.4, 0.5) is 10.5 Å². The first kappa shape index (κ1) is 43.3. The average molecular weight is 869 g/mol. The molecule has 11 heteroatoms. The van der Waals surface area contributed by atoms with E-state index in [1.54, 1.807) is 30.3 Å². The average Bonchev–Trinajstić information content (AvgIpc) is 3.66. The van der Waals surface area contributed by atoms with Crippen molar-refractivity contribution in [3.8, 4) is 17.6 Å². The number of hydrogen-bond acceptors (Lipinski definition) is 8. The Balaban J connectivity index is 1.33. The number of benzene rings is 5. The number of ether oxygens (including phenoxy) is 1. The summed E-state index contributed by atoms with van der Waals surface area (Å²) in [5.41, 5.74) is 0.572. The molecule has 2 saturated heterocycles. The van der Waals surface area contributed by atoms with E-state index in [0.717, 1.165) is 41.7 Å². The molecule has 3 fully saturated rings. The number of hydrogen-bond donors (Lipinski definition) is 4. The summed E-state index contributed by atoms with van der Waals surface area (Å²) in [6.07, 6.45) is 5.38. The summed E-state index contributed by atoms with van der Waals surface area (Å²) < 4.78 is 6.52. The van der Waals surface area contributed by atoms with Crippen LogP contribution in [-0.4, -0.2) is 57.1 Å². The minimum absolute atomic E-state index is 0.0236. The third kappa shape index (κ3) is 7.77. The van der Waals surface area contributed by atoms with E-state index in [0.29, 0.717) is 35.1 Å². The summed E-state index contributed by atoms with van der Waals surface area (Å²) in [7, 11) is 0. The minimum atomic E-state index is -2.00. The van der Waals surface area contributed by atoms with Gasteiger partial charge in [-0.05, 0) is 90.8 Å². The van der Waals surface area contributed by atoms with Crippen molar-refractivity contribution in [2.45, 2.75) is 86.7 Å². The summed E-state index contributed by atoms with van der Waals surface area (Å²) in [5, 5.41) is 28.3. The number of carbonyl (C=O) groups is 4. The highest BCUT2D eigenvalue weighted by atomic mass is 16.6. The van der Waals surface area contributed by atoms with Gasteiger partial charge in [0.1, 0.15) is 28.9 Å². The lowest BCUT2D eigenvalue weighted by Crippen LogP contribution is -2.56. The predicted octanol–water partition coefficient (Wildman–Crippen LogP) is 8.27. The van der Waals surface area contributed by atoms with Crippen LogP contribution in [0, 0.1) is 17.8 Å². The van der Waals surface area contributed by atoms with Gasteiger partial charge in [-0.15, -0.1) is 6.58 Å². The Hall–Kier alpha value is -7.00. The fourth-order valence-corrected chi connectivity index (χ4v) is 10.6. The van der Waals surface area contributed by atoms with Crippen LogP contribution in [0.1, 0.15) is 103 Å². The predicted molar refractivity (Wildman–Crippen MR) is 246 cm³/mol. The van der Waals surface area contributed by atoms with Crippen molar-refractivity contribution in [1.82, 2.24) is 15.5 Å². The van der Waals surface area contributed by atoms with Crippen molar-refractivity contribution >= 4 is 29.5 Å². The molecule has 4 N–H and O–H groups in total. The number of phenolic OH excluding ortho intramolecular Hbond substituents is 1. The van der Waals surface area contributed by atoms with E-state index in [1.807, 2.05) is 103 Å². The molecule has 0 bridgehead atoms. The summed E-state index contributed by atoms with van der Waals surface area (Å²) in [6.45, 7) is 5.68. The number of carbonyl (C=O) groups excluding carboxylic acids is 4. The number of nitrogens with zero attached hydrogens (tertiary/aromatic N) is 2.